The van der Waals surface area contributed by atoms with Crippen LogP contribution in [0.25, 0.3) is 11.0 Å². The van der Waals surface area contributed by atoms with E-state index in [1.54, 1.807) is 38.3 Å². The Kier molecular flexibility index (Phi) is 6.06. The number of ether oxygens (including phenoxy) is 2. The summed E-state index contributed by atoms with van der Waals surface area (Å²) >= 11 is 0. The number of imide groups is 1. The number of carbonyl (C=O) groups excluding carboxylic acids is 3. The number of fused-ring (bicyclic) bond motifs is 1. The molecule has 2 N–H and O–H groups in total. The monoisotopic (exact) mass is 410 g/mol. The van der Waals surface area contributed by atoms with Gasteiger partial charge in [0.05, 0.1) is 7.11 Å². The van der Waals surface area contributed by atoms with Crippen molar-refractivity contribution < 1.29 is 28.3 Å². The minimum atomic E-state index is -0.799. The normalized spacial score (nSPS) is 10.5. The van der Waals surface area contributed by atoms with Crippen LogP contribution in [0.5, 0.6) is 5.75 Å². The second-order valence-corrected chi connectivity index (χ2v) is 6.82. The average Bonchev–Trinajstić information content (AvgIpc) is 3.04. The number of amides is 3. The summed E-state index contributed by atoms with van der Waals surface area (Å²) in [5.41, 5.74) is 3.57. The smallest absolute Gasteiger partial charge is 0.375 e. The van der Waals surface area contributed by atoms with Gasteiger partial charge in [0.2, 0.25) is 5.76 Å². The first-order chi connectivity index (χ1) is 14.3. The van der Waals surface area contributed by atoms with Crippen molar-refractivity contribution in [2.45, 2.75) is 20.8 Å². The van der Waals surface area contributed by atoms with Crippen LogP contribution in [-0.4, -0.2) is 31.6 Å². The first-order valence-electron chi connectivity index (χ1n) is 9.21. The maximum absolute atomic E-state index is 12.3. The Bertz CT molecular complexity index is 1130. The molecular formula is C22H22N2O6. The largest absolute Gasteiger partial charge is 0.497 e. The zero-order valence-corrected chi connectivity index (χ0v) is 17.1. The van der Waals surface area contributed by atoms with Crippen LogP contribution in [0.15, 0.2) is 40.8 Å². The van der Waals surface area contributed by atoms with Gasteiger partial charge in [0.15, 0.2) is 6.61 Å². The molecule has 8 nitrogen and oxygen atoms in total. The number of urea groups is 1. The molecule has 3 rings (SSSR count). The van der Waals surface area contributed by atoms with Crippen molar-refractivity contribution in [1.29, 1.82) is 0 Å². The van der Waals surface area contributed by atoms with Crippen LogP contribution < -0.4 is 15.4 Å². The van der Waals surface area contributed by atoms with E-state index in [0.717, 1.165) is 11.1 Å². The van der Waals surface area contributed by atoms with Crippen LogP contribution >= 0.6 is 0 Å². The molecule has 0 aliphatic rings. The lowest BCUT2D eigenvalue weighted by Crippen LogP contribution is -2.37. The average molecular weight is 410 g/mol. The second kappa shape index (κ2) is 8.69. The van der Waals surface area contributed by atoms with E-state index in [1.807, 2.05) is 26.0 Å². The van der Waals surface area contributed by atoms with Gasteiger partial charge < -0.3 is 19.2 Å². The number of nitrogens with one attached hydrogen (secondary N) is 2. The lowest BCUT2D eigenvalue weighted by molar-refractivity contribution is -0.123. The van der Waals surface area contributed by atoms with Crippen molar-refractivity contribution >= 4 is 34.6 Å². The molecule has 30 heavy (non-hydrogen) atoms. The highest BCUT2D eigenvalue weighted by Gasteiger charge is 2.21. The summed E-state index contributed by atoms with van der Waals surface area (Å²) in [6.45, 7) is 4.87. The molecule has 0 bridgehead atoms. The third-order valence-corrected chi connectivity index (χ3v) is 4.55. The molecular weight excluding hydrogens is 388 g/mol. The molecule has 0 fully saturated rings. The predicted molar refractivity (Wildman–Crippen MR) is 111 cm³/mol. The number of aryl methyl sites for hydroxylation is 3. The maximum Gasteiger partial charge on any atom is 0.375 e. The van der Waals surface area contributed by atoms with Gasteiger partial charge >= 0.3 is 12.0 Å². The lowest BCUT2D eigenvalue weighted by atomic mass is 10.1. The third-order valence-electron chi connectivity index (χ3n) is 4.55. The molecule has 0 spiro atoms. The number of hydrogen-bond donors (Lipinski definition) is 2. The molecule has 8 heteroatoms. The summed E-state index contributed by atoms with van der Waals surface area (Å²) in [5, 5.41) is 5.41. The fraction of sp³-hybridized carbons (Fsp3) is 0.227. The molecule has 0 atom stereocenters. The Morgan fingerprint density at radius 2 is 1.80 bits per heavy atom. The SMILES string of the molecule is COc1ccc2oc(C(=O)OCC(=O)NC(=O)Nc3ccc(C)cc3C)c(C)c2c1. The van der Waals surface area contributed by atoms with Crippen LogP contribution in [0.2, 0.25) is 0 Å². The Labute approximate surface area is 173 Å². The summed E-state index contributed by atoms with van der Waals surface area (Å²) in [5.74, 6) is -0.944. The van der Waals surface area contributed by atoms with E-state index in [-0.39, 0.29) is 5.76 Å². The molecule has 0 radical (unpaired) electrons. The van der Waals surface area contributed by atoms with E-state index in [0.29, 0.717) is 28.0 Å². The summed E-state index contributed by atoms with van der Waals surface area (Å²) < 4.78 is 15.7. The zero-order valence-electron chi connectivity index (χ0n) is 17.1. The van der Waals surface area contributed by atoms with E-state index in [2.05, 4.69) is 10.6 Å². The molecule has 0 aliphatic heterocycles. The number of methoxy groups -OCH3 is 1. The highest BCUT2D eigenvalue weighted by Crippen LogP contribution is 2.29. The standard InChI is InChI=1S/C22H22N2O6/c1-12-5-7-17(13(2)9-12)23-22(27)24-19(25)11-29-21(26)20-14(3)16-10-15(28-4)6-8-18(16)30-20/h5-10H,11H2,1-4H3,(H2,23,24,25,27). The van der Waals surface area contributed by atoms with Gasteiger partial charge in [0.1, 0.15) is 11.3 Å². The highest BCUT2D eigenvalue weighted by atomic mass is 16.5. The quantitative estimate of drug-likeness (QED) is 0.619. The number of benzene rings is 2. The minimum Gasteiger partial charge on any atom is -0.497 e. The molecule has 2 aromatic carbocycles. The first kappa shape index (κ1) is 20.9. The fourth-order valence-electron chi connectivity index (χ4n) is 2.99. The van der Waals surface area contributed by atoms with Gasteiger partial charge in [0.25, 0.3) is 5.91 Å². The Morgan fingerprint density at radius 1 is 1.03 bits per heavy atom. The summed E-state index contributed by atoms with van der Waals surface area (Å²) in [7, 11) is 1.54. The number of carbonyl (C=O) groups is 3. The molecule has 0 aliphatic carbocycles. The van der Waals surface area contributed by atoms with Crippen molar-refractivity contribution in [3.8, 4) is 5.75 Å². The van der Waals surface area contributed by atoms with Crippen molar-refractivity contribution in [2.24, 2.45) is 0 Å². The molecule has 0 unspecified atom stereocenters. The maximum atomic E-state index is 12.3. The van der Waals surface area contributed by atoms with E-state index < -0.39 is 24.5 Å². The molecule has 3 amide bonds. The highest BCUT2D eigenvalue weighted by molar-refractivity contribution is 6.03. The van der Waals surface area contributed by atoms with Crippen molar-refractivity contribution in [3.05, 3.63) is 58.8 Å². The molecule has 3 aromatic rings. The number of furan rings is 1. The summed E-state index contributed by atoms with van der Waals surface area (Å²) in [4.78, 5) is 36.3. The molecule has 0 saturated carbocycles. The van der Waals surface area contributed by atoms with Crippen molar-refractivity contribution in [3.63, 3.8) is 0 Å². The third kappa shape index (κ3) is 4.60. The Balaban J connectivity index is 1.58. The first-order valence-corrected chi connectivity index (χ1v) is 9.21. The molecule has 1 aromatic heterocycles. The van der Waals surface area contributed by atoms with Crippen molar-refractivity contribution in [2.75, 3.05) is 19.0 Å². The van der Waals surface area contributed by atoms with Gasteiger partial charge in [-0.05, 0) is 50.6 Å². The van der Waals surface area contributed by atoms with Crippen LogP contribution in [0.4, 0.5) is 10.5 Å². The summed E-state index contributed by atoms with van der Waals surface area (Å²) in [6.07, 6.45) is 0. The van der Waals surface area contributed by atoms with Gasteiger partial charge in [-0.3, -0.25) is 10.1 Å². The van der Waals surface area contributed by atoms with E-state index in [1.165, 1.54) is 0 Å². The van der Waals surface area contributed by atoms with Gasteiger partial charge in [-0.15, -0.1) is 0 Å². The predicted octanol–water partition coefficient (Wildman–Crippen LogP) is 3.87. The number of hydrogen-bond acceptors (Lipinski definition) is 6. The zero-order chi connectivity index (χ0) is 21.8. The van der Waals surface area contributed by atoms with Crippen LogP contribution in [-0.2, 0) is 9.53 Å². The van der Waals surface area contributed by atoms with Crippen molar-refractivity contribution in [1.82, 2.24) is 5.32 Å². The number of esters is 1. The van der Waals surface area contributed by atoms with Crippen LogP contribution in [0, 0.1) is 20.8 Å². The van der Waals surface area contributed by atoms with E-state index >= 15 is 0 Å². The number of rotatable bonds is 5. The molecule has 156 valence electrons. The summed E-state index contributed by atoms with van der Waals surface area (Å²) in [6, 6.07) is 9.92. The second-order valence-electron chi connectivity index (χ2n) is 6.82. The molecule has 0 saturated heterocycles. The van der Waals surface area contributed by atoms with Gasteiger partial charge in [-0.2, -0.15) is 0 Å². The minimum absolute atomic E-state index is 0.00853. The fourth-order valence-corrected chi connectivity index (χ4v) is 2.99. The van der Waals surface area contributed by atoms with Crippen LogP contribution in [0.1, 0.15) is 27.2 Å². The van der Waals surface area contributed by atoms with Gasteiger partial charge in [0, 0.05) is 16.6 Å². The van der Waals surface area contributed by atoms with Gasteiger partial charge in [-0.25, -0.2) is 9.59 Å². The van der Waals surface area contributed by atoms with E-state index in [4.69, 9.17) is 13.9 Å². The van der Waals surface area contributed by atoms with E-state index in [9.17, 15) is 14.4 Å². The van der Waals surface area contributed by atoms with Gasteiger partial charge in [-0.1, -0.05) is 17.7 Å². The molecule has 1 heterocycles. The Morgan fingerprint density at radius 3 is 2.50 bits per heavy atom. The topological polar surface area (TPSA) is 107 Å². The lowest BCUT2D eigenvalue weighted by Gasteiger charge is -2.10. The number of anilines is 1. The van der Waals surface area contributed by atoms with Crippen LogP contribution in [0.3, 0.4) is 0 Å². The Hall–Kier alpha value is -3.81.